The average molecular weight is 285 g/mol. The topological polar surface area (TPSA) is 97.1 Å². The third kappa shape index (κ3) is 4.40. The highest BCUT2D eigenvalue weighted by Gasteiger charge is 2.19. The molecule has 1 rings (SSSR count). The van der Waals surface area contributed by atoms with Crippen molar-refractivity contribution in [3.8, 4) is 0 Å². The molecular weight excluding hydrogens is 268 g/mol. The van der Waals surface area contributed by atoms with Crippen LogP contribution >= 0.6 is 11.6 Å². The van der Waals surface area contributed by atoms with E-state index in [1.54, 1.807) is 6.92 Å². The van der Waals surface area contributed by atoms with Crippen LogP contribution in [-0.2, 0) is 4.79 Å². The van der Waals surface area contributed by atoms with Crippen molar-refractivity contribution in [1.29, 1.82) is 0 Å². The van der Waals surface area contributed by atoms with E-state index in [-0.39, 0.29) is 28.4 Å². The van der Waals surface area contributed by atoms with E-state index in [1.807, 2.05) is 13.8 Å². The fourth-order valence-corrected chi connectivity index (χ4v) is 1.57. The molecule has 0 aliphatic heterocycles. The van der Waals surface area contributed by atoms with Gasteiger partial charge in [0.15, 0.2) is 0 Å². The summed E-state index contributed by atoms with van der Waals surface area (Å²) in [5, 5.41) is 5.44. The first-order chi connectivity index (χ1) is 8.81. The molecule has 0 saturated heterocycles. The van der Waals surface area contributed by atoms with Gasteiger partial charge in [-0.3, -0.25) is 9.59 Å². The fourth-order valence-electron chi connectivity index (χ4n) is 1.38. The predicted octanol–water partition coefficient (Wildman–Crippen LogP) is 0.960. The smallest absolute Gasteiger partial charge is 0.253 e. The van der Waals surface area contributed by atoms with E-state index < -0.39 is 11.9 Å². The Morgan fingerprint density at radius 3 is 2.53 bits per heavy atom. The van der Waals surface area contributed by atoms with Gasteiger partial charge in [-0.05, 0) is 26.8 Å². The molecular formula is C12H17ClN4O2. The normalized spacial score (nSPS) is 12.1. The molecule has 0 spiro atoms. The number of nitrogens with zero attached hydrogens (tertiary/aromatic N) is 1. The van der Waals surface area contributed by atoms with Crippen LogP contribution in [0.15, 0.2) is 12.3 Å². The third-order valence-electron chi connectivity index (χ3n) is 2.29. The van der Waals surface area contributed by atoms with Gasteiger partial charge in [0, 0.05) is 12.2 Å². The summed E-state index contributed by atoms with van der Waals surface area (Å²) in [6.45, 7) is 5.27. The molecule has 0 saturated carbocycles. The summed E-state index contributed by atoms with van der Waals surface area (Å²) in [4.78, 5) is 27.4. The van der Waals surface area contributed by atoms with E-state index in [4.69, 9.17) is 17.3 Å². The maximum absolute atomic E-state index is 12.0. The first-order valence-electron chi connectivity index (χ1n) is 5.83. The number of hydrogen-bond donors (Lipinski definition) is 3. The highest BCUT2D eigenvalue weighted by Crippen LogP contribution is 2.16. The van der Waals surface area contributed by atoms with Crippen LogP contribution < -0.4 is 16.4 Å². The molecule has 2 amide bonds. The molecule has 1 unspecified atom stereocenters. The Balaban J connectivity index is 2.74. The lowest BCUT2D eigenvalue weighted by atomic mass is 10.2. The Kier molecular flexibility index (Phi) is 5.11. The summed E-state index contributed by atoms with van der Waals surface area (Å²) >= 11 is 5.86. The van der Waals surface area contributed by atoms with Crippen molar-refractivity contribution >= 4 is 29.2 Å². The number of nitrogen functional groups attached to an aromatic ring is 1. The zero-order chi connectivity index (χ0) is 14.6. The summed E-state index contributed by atoms with van der Waals surface area (Å²) in [5.74, 6) is -0.541. The molecule has 1 aromatic rings. The summed E-state index contributed by atoms with van der Waals surface area (Å²) < 4.78 is 0. The summed E-state index contributed by atoms with van der Waals surface area (Å²) in [6, 6.07) is 0.706. The molecule has 0 fully saturated rings. The van der Waals surface area contributed by atoms with E-state index in [9.17, 15) is 9.59 Å². The molecule has 1 heterocycles. The monoisotopic (exact) mass is 284 g/mol. The minimum absolute atomic E-state index is 0.00649. The van der Waals surface area contributed by atoms with Gasteiger partial charge in [-0.25, -0.2) is 4.98 Å². The lowest BCUT2D eigenvalue weighted by molar-refractivity contribution is -0.123. The number of pyridine rings is 1. The van der Waals surface area contributed by atoms with Crippen molar-refractivity contribution in [2.75, 3.05) is 5.73 Å². The van der Waals surface area contributed by atoms with Crippen LogP contribution in [0.5, 0.6) is 0 Å². The lowest BCUT2D eigenvalue weighted by Crippen LogP contribution is -2.46. The molecule has 0 aliphatic carbocycles. The Labute approximate surface area is 116 Å². The zero-order valence-corrected chi connectivity index (χ0v) is 11.8. The van der Waals surface area contributed by atoms with Crippen molar-refractivity contribution < 1.29 is 9.59 Å². The minimum atomic E-state index is -0.666. The fraction of sp³-hybridized carbons (Fsp3) is 0.417. The first-order valence-corrected chi connectivity index (χ1v) is 6.21. The molecule has 1 atom stereocenters. The van der Waals surface area contributed by atoms with Gasteiger partial charge >= 0.3 is 0 Å². The van der Waals surface area contributed by atoms with E-state index in [1.165, 1.54) is 12.3 Å². The molecule has 104 valence electrons. The molecule has 0 aliphatic rings. The van der Waals surface area contributed by atoms with Crippen LogP contribution in [0, 0.1) is 0 Å². The van der Waals surface area contributed by atoms with Gasteiger partial charge in [0.25, 0.3) is 5.91 Å². The highest BCUT2D eigenvalue weighted by molar-refractivity contribution is 6.33. The van der Waals surface area contributed by atoms with Crippen molar-refractivity contribution in [2.24, 2.45) is 0 Å². The van der Waals surface area contributed by atoms with E-state index in [0.29, 0.717) is 0 Å². The molecule has 1 aromatic heterocycles. The van der Waals surface area contributed by atoms with Gasteiger partial charge in [0.1, 0.15) is 11.9 Å². The van der Waals surface area contributed by atoms with Crippen molar-refractivity contribution in [3.63, 3.8) is 0 Å². The number of amides is 2. The Morgan fingerprint density at radius 1 is 1.32 bits per heavy atom. The van der Waals surface area contributed by atoms with Crippen LogP contribution in [0.2, 0.25) is 5.02 Å². The van der Waals surface area contributed by atoms with Gasteiger partial charge in [-0.15, -0.1) is 0 Å². The summed E-state index contributed by atoms with van der Waals surface area (Å²) in [6.07, 6.45) is 1.30. The number of aromatic nitrogens is 1. The Morgan fingerprint density at radius 2 is 1.95 bits per heavy atom. The number of carbonyl (C=O) groups excluding carboxylic acids is 2. The highest BCUT2D eigenvalue weighted by atomic mass is 35.5. The number of anilines is 1. The second-order valence-electron chi connectivity index (χ2n) is 4.45. The Bertz CT molecular complexity index is 491. The van der Waals surface area contributed by atoms with Gasteiger partial charge in [0.05, 0.1) is 10.6 Å². The second kappa shape index (κ2) is 6.38. The summed E-state index contributed by atoms with van der Waals surface area (Å²) in [5.41, 5.74) is 5.69. The number of nitrogens with one attached hydrogen (secondary N) is 2. The number of hydrogen-bond acceptors (Lipinski definition) is 4. The molecule has 0 aromatic carbocycles. The maximum Gasteiger partial charge on any atom is 0.253 e. The second-order valence-corrected chi connectivity index (χ2v) is 4.85. The van der Waals surface area contributed by atoms with Crippen LogP contribution in [0.3, 0.4) is 0 Å². The molecule has 4 N–H and O–H groups in total. The van der Waals surface area contributed by atoms with Crippen LogP contribution in [0.4, 0.5) is 5.82 Å². The maximum atomic E-state index is 12.0. The molecule has 0 bridgehead atoms. The number of rotatable bonds is 4. The van der Waals surface area contributed by atoms with Gasteiger partial charge in [0.2, 0.25) is 5.91 Å². The SMILES string of the molecule is CC(C)NC(=O)C(C)NC(=O)c1cc(N)ncc1Cl. The third-order valence-corrected chi connectivity index (χ3v) is 2.59. The van der Waals surface area contributed by atoms with Gasteiger partial charge in [-0.1, -0.05) is 11.6 Å². The van der Waals surface area contributed by atoms with E-state index in [2.05, 4.69) is 15.6 Å². The van der Waals surface area contributed by atoms with Crippen molar-refractivity contribution in [2.45, 2.75) is 32.9 Å². The van der Waals surface area contributed by atoms with Crippen molar-refractivity contribution in [1.82, 2.24) is 15.6 Å². The zero-order valence-electron chi connectivity index (χ0n) is 11.0. The van der Waals surface area contributed by atoms with Gasteiger partial charge < -0.3 is 16.4 Å². The summed E-state index contributed by atoms with van der Waals surface area (Å²) in [7, 11) is 0. The standard InChI is InChI=1S/C12H17ClN4O2/c1-6(2)16-11(18)7(3)17-12(19)8-4-10(14)15-5-9(8)13/h4-7H,1-3H3,(H2,14,15)(H,16,18)(H,17,19). The molecule has 0 radical (unpaired) electrons. The quantitative estimate of drug-likeness (QED) is 0.767. The molecule has 7 heteroatoms. The van der Waals surface area contributed by atoms with Gasteiger partial charge in [-0.2, -0.15) is 0 Å². The molecule has 6 nitrogen and oxygen atoms in total. The predicted molar refractivity (Wildman–Crippen MR) is 73.9 cm³/mol. The molecule has 19 heavy (non-hydrogen) atoms. The van der Waals surface area contributed by atoms with Crippen LogP contribution in [-0.4, -0.2) is 28.9 Å². The Hall–Kier alpha value is -1.82. The van der Waals surface area contributed by atoms with Crippen molar-refractivity contribution in [3.05, 3.63) is 22.8 Å². The first kappa shape index (κ1) is 15.2. The average Bonchev–Trinajstić information content (AvgIpc) is 2.31. The largest absolute Gasteiger partial charge is 0.384 e. The number of nitrogens with two attached hydrogens (primary N) is 1. The minimum Gasteiger partial charge on any atom is -0.384 e. The number of halogens is 1. The van der Waals surface area contributed by atoms with Crippen LogP contribution in [0.1, 0.15) is 31.1 Å². The van der Waals surface area contributed by atoms with Crippen LogP contribution in [0.25, 0.3) is 0 Å². The van der Waals surface area contributed by atoms with E-state index >= 15 is 0 Å². The number of carbonyl (C=O) groups is 2. The van der Waals surface area contributed by atoms with E-state index in [0.717, 1.165) is 0 Å². The lowest BCUT2D eigenvalue weighted by Gasteiger charge is -2.16.